The molecule has 1 aromatic heterocycles. The molecule has 0 amide bonds. The number of hydrogen-bond donors (Lipinski definition) is 3. The first-order chi connectivity index (χ1) is 28.5. The van der Waals surface area contributed by atoms with Gasteiger partial charge in [-0.15, -0.1) is 0 Å². The molecule has 0 aliphatic rings. The first kappa shape index (κ1) is 50.9. The van der Waals surface area contributed by atoms with Crippen LogP contribution in [0.15, 0.2) is 55.4 Å². The van der Waals surface area contributed by atoms with E-state index >= 15 is 0 Å². The van der Waals surface area contributed by atoms with Gasteiger partial charge in [0.05, 0.1) is 0 Å². The maximum absolute atomic E-state index is 11.6. The summed E-state index contributed by atoms with van der Waals surface area (Å²) in [7, 11) is 0. The molecule has 0 aliphatic carbocycles. The van der Waals surface area contributed by atoms with Crippen molar-refractivity contribution >= 4 is 0 Å². The van der Waals surface area contributed by atoms with Gasteiger partial charge in [-0.1, -0.05) is 161 Å². The van der Waals surface area contributed by atoms with Crippen LogP contribution in [-0.2, 0) is 51.8 Å². The van der Waals surface area contributed by atoms with E-state index in [9.17, 15) is 15.3 Å². The van der Waals surface area contributed by atoms with Crippen molar-refractivity contribution < 1.29 is 15.3 Å². The molecule has 6 heteroatoms. The molecule has 3 N–H and O–H groups in total. The lowest BCUT2D eigenvalue weighted by atomic mass is 9.75. The minimum absolute atomic E-state index is 0.226. The average molecular weight is 856 g/mol. The molecule has 0 radical (unpaired) electrons. The van der Waals surface area contributed by atoms with Crippen molar-refractivity contribution in [2.75, 3.05) is 0 Å². The maximum Gasteiger partial charge on any atom is 0.123 e. The molecule has 342 valence electrons. The molecular formula is C57H81N3O3. The first-order valence-electron chi connectivity index (χ1n) is 22.8. The van der Waals surface area contributed by atoms with E-state index in [2.05, 4.69) is 197 Å². The number of benzene rings is 4. The fraction of sp³-hybridized carbons (Fsp3) is 0.526. The van der Waals surface area contributed by atoms with E-state index in [-0.39, 0.29) is 32.5 Å². The molecule has 5 aromatic rings. The number of rotatable bonds is 6. The molecular weight excluding hydrogens is 775 g/mol. The number of nitrogens with zero attached hydrogens (tertiary/aromatic N) is 3. The number of aromatic hydroxyl groups is 3. The summed E-state index contributed by atoms with van der Waals surface area (Å²) in [6, 6.07) is 13.4. The number of phenols is 3. The van der Waals surface area contributed by atoms with E-state index in [0.29, 0.717) is 17.2 Å². The highest BCUT2D eigenvalue weighted by Gasteiger charge is 2.31. The molecule has 0 saturated heterocycles. The average Bonchev–Trinajstić information content (AvgIpc) is 3.13. The quantitative estimate of drug-likeness (QED) is 0.157. The van der Waals surface area contributed by atoms with Gasteiger partial charge in [0.2, 0.25) is 0 Å². The van der Waals surface area contributed by atoms with Crippen LogP contribution in [0.3, 0.4) is 0 Å². The van der Waals surface area contributed by atoms with Crippen LogP contribution < -0.4 is 0 Å². The van der Waals surface area contributed by atoms with Crippen LogP contribution in [0.25, 0.3) is 0 Å². The second-order valence-corrected chi connectivity index (χ2v) is 24.3. The Labute approximate surface area is 382 Å². The van der Waals surface area contributed by atoms with Crippen molar-refractivity contribution in [3.05, 3.63) is 139 Å². The molecule has 6 nitrogen and oxygen atoms in total. The number of hydrogen-bond acceptors (Lipinski definition) is 6. The topological polar surface area (TPSA) is 99.4 Å². The van der Waals surface area contributed by atoms with Crippen LogP contribution in [0.5, 0.6) is 17.2 Å². The predicted octanol–water partition coefficient (Wildman–Crippen LogP) is 14.2. The van der Waals surface area contributed by atoms with Gasteiger partial charge >= 0.3 is 0 Å². The molecule has 0 spiro atoms. The summed E-state index contributed by atoms with van der Waals surface area (Å²) in [5.74, 6) is 1.22. The van der Waals surface area contributed by atoms with Crippen molar-refractivity contribution in [2.45, 2.75) is 197 Å². The zero-order valence-corrected chi connectivity index (χ0v) is 43.0. The fourth-order valence-corrected chi connectivity index (χ4v) is 8.82. The molecule has 4 aromatic carbocycles. The van der Waals surface area contributed by atoms with Crippen molar-refractivity contribution in [1.29, 1.82) is 0 Å². The fourth-order valence-electron chi connectivity index (χ4n) is 8.82. The van der Waals surface area contributed by atoms with Gasteiger partial charge in [0, 0.05) is 0 Å². The molecule has 5 rings (SSSR count). The van der Waals surface area contributed by atoms with Crippen molar-refractivity contribution in [3.63, 3.8) is 0 Å². The molecule has 0 unspecified atom stereocenters. The molecule has 63 heavy (non-hydrogen) atoms. The van der Waals surface area contributed by atoms with Gasteiger partial charge in [-0.25, -0.2) is 15.0 Å². The Morgan fingerprint density at radius 1 is 0.317 bits per heavy atom. The summed E-state index contributed by atoms with van der Waals surface area (Å²) in [5.41, 5.74) is 16.0. The summed E-state index contributed by atoms with van der Waals surface area (Å²) in [5, 5.41) is 34.9. The van der Waals surface area contributed by atoms with Gasteiger partial charge in [0.25, 0.3) is 0 Å². The lowest BCUT2D eigenvalue weighted by molar-refractivity contribution is 0.422. The van der Waals surface area contributed by atoms with E-state index in [4.69, 9.17) is 0 Å². The highest BCUT2D eigenvalue weighted by atomic mass is 16.3. The molecule has 0 fully saturated rings. The Kier molecular flexibility index (Phi) is 14.6. The standard InChI is InChI=1S/C54H78O3.C3H3N3/c1-31-37(22-34-25-40(49(4,5)6)46(55)41(26-34)50(7,8)9)32(2)39(24-36-29-44(53(16,17)18)48(57)45(30-36)54(19,20)21)33(3)38(31)23-35-27-42(51(10,11)12)47(56)43(28-35)52(13,14)15;1-4-2-6-3-5-1/h25-30,55-57H,22-24H2,1-21H3;1-3H. The van der Waals surface area contributed by atoms with Gasteiger partial charge in [-0.3, -0.25) is 0 Å². The van der Waals surface area contributed by atoms with Crippen LogP contribution in [0.1, 0.15) is 208 Å². The molecule has 0 atom stereocenters. The Bertz CT molecular complexity index is 2020. The van der Waals surface area contributed by atoms with Crippen LogP contribution in [0, 0.1) is 20.8 Å². The normalized spacial score (nSPS) is 12.9. The monoisotopic (exact) mass is 856 g/mol. The smallest absolute Gasteiger partial charge is 0.123 e. The van der Waals surface area contributed by atoms with Crippen LogP contribution in [0.4, 0.5) is 0 Å². The third-order valence-corrected chi connectivity index (χ3v) is 12.6. The van der Waals surface area contributed by atoms with E-state index in [1.54, 1.807) is 0 Å². The summed E-state index contributed by atoms with van der Waals surface area (Å²) in [6.45, 7) is 46.2. The Balaban J connectivity index is 0.00000133. The second-order valence-electron chi connectivity index (χ2n) is 24.3. The number of aromatic nitrogens is 3. The lowest BCUT2D eigenvalue weighted by Crippen LogP contribution is -2.19. The first-order valence-corrected chi connectivity index (χ1v) is 22.8. The zero-order chi connectivity index (χ0) is 48.0. The van der Waals surface area contributed by atoms with Gasteiger partial charge in [-0.05, 0) is 156 Å². The molecule has 0 aliphatic heterocycles. The summed E-state index contributed by atoms with van der Waals surface area (Å²) >= 11 is 0. The maximum atomic E-state index is 11.6. The zero-order valence-electron chi connectivity index (χ0n) is 43.0. The second kappa shape index (κ2) is 18.0. The van der Waals surface area contributed by atoms with Crippen LogP contribution in [0.2, 0.25) is 0 Å². The lowest BCUT2D eigenvalue weighted by Gasteiger charge is -2.30. The Hall–Kier alpha value is -4.71. The predicted molar refractivity (Wildman–Crippen MR) is 265 cm³/mol. The van der Waals surface area contributed by atoms with Gasteiger partial charge in [0.1, 0.15) is 36.2 Å². The summed E-state index contributed by atoms with van der Waals surface area (Å²) in [6.07, 6.45) is 6.55. The number of phenolic OH excluding ortho intramolecular Hbond substituents is 3. The van der Waals surface area contributed by atoms with E-state index < -0.39 is 0 Å². The van der Waals surface area contributed by atoms with Crippen LogP contribution >= 0.6 is 0 Å². The largest absolute Gasteiger partial charge is 0.507 e. The summed E-state index contributed by atoms with van der Waals surface area (Å²) in [4.78, 5) is 10.7. The highest BCUT2D eigenvalue weighted by molar-refractivity contribution is 5.59. The molecule has 0 saturated carbocycles. The Morgan fingerprint density at radius 2 is 0.476 bits per heavy atom. The SMILES string of the molecule is Cc1c(Cc2cc(C(C)(C)C)c(O)c(C(C)(C)C)c2)c(C)c(Cc2cc(C(C)(C)C)c(O)c(C(C)(C)C)c2)c(C)c1Cc1cc(C(C)(C)C)c(O)c(C(C)(C)C)c1.c1ncncn1. The minimum atomic E-state index is -0.226. The van der Waals surface area contributed by atoms with E-state index in [1.165, 1.54) is 69.1 Å². The van der Waals surface area contributed by atoms with Crippen molar-refractivity contribution in [2.24, 2.45) is 0 Å². The van der Waals surface area contributed by atoms with Crippen LogP contribution in [-0.4, -0.2) is 30.3 Å². The van der Waals surface area contributed by atoms with Crippen molar-refractivity contribution in [3.8, 4) is 17.2 Å². The van der Waals surface area contributed by atoms with Crippen molar-refractivity contribution in [1.82, 2.24) is 15.0 Å². The highest BCUT2D eigenvalue weighted by Crippen LogP contribution is 2.45. The van der Waals surface area contributed by atoms with E-state index in [0.717, 1.165) is 52.6 Å². The van der Waals surface area contributed by atoms with Gasteiger partial charge in [-0.2, -0.15) is 0 Å². The Morgan fingerprint density at radius 3 is 0.603 bits per heavy atom. The van der Waals surface area contributed by atoms with E-state index in [1.807, 2.05) is 0 Å². The van der Waals surface area contributed by atoms with Gasteiger partial charge < -0.3 is 15.3 Å². The third kappa shape index (κ3) is 11.9. The molecule has 0 bridgehead atoms. The molecule has 1 heterocycles. The van der Waals surface area contributed by atoms with Gasteiger partial charge in [0.15, 0.2) is 0 Å². The minimum Gasteiger partial charge on any atom is -0.507 e. The third-order valence-electron chi connectivity index (χ3n) is 12.6. The summed E-state index contributed by atoms with van der Waals surface area (Å²) < 4.78 is 0.